The van der Waals surface area contributed by atoms with E-state index in [0.717, 1.165) is 33.9 Å². The van der Waals surface area contributed by atoms with E-state index in [-0.39, 0.29) is 0 Å². The first kappa shape index (κ1) is 11.0. The molecule has 0 amide bonds. The van der Waals surface area contributed by atoms with Gasteiger partial charge in [0, 0.05) is 11.6 Å². The van der Waals surface area contributed by atoms with E-state index >= 15 is 0 Å². The topological polar surface area (TPSA) is 73.2 Å². The zero-order valence-electron chi connectivity index (χ0n) is 10.4. The Balaban J connectivity index is 2.26. The van der Waals surface area contributed by atoms with E-state index in [4.69, 9.17) is 15.2 Å². The maximum Gasteiger partial charge on any atom is 0.170 e. The summed E-state index contributed by atoms with van der Waals surface area (Å²) in [7, 11) is 0. The summed E-state index contributed by atoms with van der Waals surface area (Å²) in [6, 6.07) is 3.81. The number of nitrogens with two attached hydrogens (primary N) is 1. The quantitative estimate of drug-likeness (QED) is 0.806. The highest BCUT2D eigenvalue weighted by Gasteiger charge is 2.22. The molecule has 94 valence electrons. The second kappa shape index (κ2) is 3.94. The highest BCUT2D eigenvalue weighted by atomic mass is 16.6. The summed E-state index contributed by atoms with van der Waals surface area (Å²) in [5, 5.41) is 6.90. The lowest BCUT2D eigenvalue weighted by molar-refractivity contribution is 0.172. The summed E-state index contributed by atoms with van der Waals surface area (Å²) >= 11 is 0. The molecule has 0 saturated heterocycles. The van der Waals surface area contributed by atoms with Crippen molar-refractivity contribution in [3.8, 4) is 22.8 Å². The maximum absolute atomic E-state index is 5.74. The lowest BCUT2D eigenvalue weighted by Crippen LogP contribution is -2.16. The molecule has 5 heteroatoms. The third-order valence-electron chi connectivity index (χ3n) is 3.22. The van der Waals surface area contributed by atoms with Gasteiger partial charge in [0.2, 0.25) is 0 Å². The molecule has 3 N–H and O–H groups in total. The molecule has 0 radical (unpaired) electrons. The number of aryl methyl sites for hydroxylation is 1. The van der Waals surface area contributed by atoms with Gasteiger partial charge in [0.1, 0.15) is 19.0 Å². The van der Waals surface area contributed by atoms with Crippen LogP contribution in [0.5, 0.6) is 11.5 Å². The smallest absolute Gasteiger partial charge is 0.170 e. The van der Waals surface area contributed by atoms with Crippen molar-refractivity contribution in [3.63, 3.8) is 0 Å². The second-order valence-electron chi connectivity index (χ2n) is 4.42. The Kier molecular flexibility index (Phi) is 2.40. The molecule has 0 fully saturated rings. The third kappa shape index (κ3) is 1.59. The highest BCUT2D eigenvalue weighted by Crippen LogP contribution is 2.43. The van der Waals surface area contributed by atoms with Gasteiger partial charge in [0.25, 0.3) is 0 Å². The van der Waals surface area contributed by atoms with Crippen LogP contribution >= 0.6 is 0 Å². The van der Waals surface area contributed by atoms with Crippen LogP contribution in [0.25, 0.3) is 11.3 Å². The monoisotopic (exact) mass is 245 g/mol. The summed E-state index contributed by atoms with van der Waals surface area (Å²) in [5.74, 6) is 2.02. The summed E-state index contributed by atoms with van der Waals surface area (Å²) in [6.07, 6.45) is 0. The molecular weight excluding hydrogens is 230 g/mol. The number of fused-ring (bicyclic) bond motifs is 1. The number of hydrogen-bond acceptors (Lipinski definition) is 4. The fraction of sp³-hybridized carbons (Fsp3) is 0.308. The van der Waals surface area contributed by atoms with E-state index in [0.29, 0.717) is 19.0 Å². The molecule has 0 spiro atoms. The minimum atomic E-state index is 0.469. The van der Waals surface area contributed by atoms with Gasteiger partial charge in [-0.1, -0.05) is 0 Å². The van der Waals surface area contributed by atoms with Gasteiger partial charge in [-0.25, -0.2) is 0 Å². The van der Waals surface area contributed by atoms with Gasteiger partial charge in [0.05, 0.1) is 5.69 Å². The molecular formula is C13H15N3O2. The second-order valence-corrected chi connectivity index (χ2v) is 4.42. The number of aromatic amines is 1. The first-order valence-electron chi connectivity index (χ1n) is 5.88. The minimum absolute atomic E-state index is 0.469. The fourth-order valence-electron chi connectivity index (χ4n) is 2.20. The molecule has 0 aliphatic carbocycles. The summed E-state index contributed by atoms with van der Waals surface area (Å²) in [5.41, 5.74) is 9.80. The van der Waals surface area contributed by atoms with Crippen molar-refractivity contribution in [2.24, 2.45) is 0 Å². The number of rotatable bonds is 1. The van der Waals surface area contributed by atoms with Crippen molar-refractivity contribution >= 4 is 5.82 Å². The lowest BCUT2D eigenvalue weighted by atomic mass is 9.98. The van der Waals surface area contributed by atoms with Crippen LogP contribution in [0.1, 0.15) is 11.1 Å². The van der Waals surface area contributed by atoms with E-state index in [1.54, 1.807) is 6.07 Å². The Morgan fingerprint density at radius 2 is 2.00 bits per heavy atom. The molecule has 1 aromatic heterocycles. The molecule has 0 atom stereocenters. The van der Waals surface area contributed by atoms with E-state index < -0.39 is 0 Å². The molecule has 1 aliphatic heterocycles. The Bertz CT molecular complexity index is 605. The van der Waals surface area contributed by atoms with Gasteiger partial charge in [-0.05, 0) is 31.0 Å². The minimum Gasteiger partial charge on any atom is -0.486 e. The number of hydrogen-bond donors (Lipinski definition) is 2. The molecule has 0 bridgehead atoms. The predicted molar refractivity (Wildman–Crippen MR) is 68.9 cm³/mol. The van der Waals surface area contributed by atoms with Crippen molar-refractivity contribution in [2.45, 2.75) is 13.8 Å². The molecule has 2 heterocycles. The molecule has 0 unspecified atom stereocenters. The van der Waals surface area contributed by atoms with E-state index in [2.05, 4.69) is 24.0 Å². The van der Waals surface area contributed by atoms with Crippen molar-refractivity contribution in [3.05, 3.63) is 23.3 Å². The first-order chi connectivity index (χ1) is 8.66. The van der Waals surface area contributed by atoms with Gasteiger partial charge < -0.3 is 15.2 Å². The third-order valence-corrected chi connectivity index (χ3v) is 3.22. The maximum atomic E-state index is 5.74. The number of H-pyrrole nitrogens is 1. The molecule has 0 saturated carbocycles. The lowest BCUT2D eigenvalue weighted by Gasteiger charge is -2.23. The summed E-state index contributed by atoms with van der Waals surface area (Å²) in [4.78, 5) is 0. The number of nitrogens with one attached hydrogen (secondary N) is 1. The largest absolute Gasteiger partial charge is 0.486 e. The zero-order chi connectivity index (χ0) is 12.7. The standard InChI is InChI=1S/C13H15N3O2/c1-7-5-10-13(18-4-3-17-10)12(8(7)2)9-6-11(14)16-15-9/h5-6H,3-4H2,1-2H3,(H3,14,15,16). The number of benzene rings is 1. The van der Waals surface area contributed by atoms with Gasteiger partial charge in [-0.3, -0.25) is 5.10 Å². The van der Waals surface area contributed by atoms with Crippen molar-refractivity contribution in [1.82, 2.24) is 10.2 Å². The SMILES string of the molecule is Cc1cc2c(c(-c3cc(N)n[nH]3)c1C)OCCO2. The number of anilines is 1. The van der Waals surface area contributed by atoms with Crippen molar-refractivity contribution in [2.75, 3.05) is 18.9 Å². The summed E-state index contributed by atoms with van der Waals surface area (Å²) < 4.78 is 11.4. The van der Waals surface area contributed by atoms with Crippen LogP contribution in [0, 0.1) is 13.8 Å². The molecule has 3 rings (SSSR count). The van der Waals surface area contributed by atoms with Crippen molar-refractivity contribution in [1.29, 1.82) is 0 Å². The fourth-order valence-corrected chi connectivity index (χ4v) is 2.20. The Hall–Kier alpha value is -2.17. The average Bonchev–Trinajstić information content (AvgIpc) is 2.77. The van der Waals surface area contributed by atoms with Crippen molar-refractivity contribution < 1.29 is 9.47 Å². The summed E-state index contributed by atoms with van der Waals surface area (Å²) in [6.45, 7) is 5.25. The Labute approximate surface area is 105 Å². The molecule has 5 nitrogen and oxygen atoms in total. The zero-order valence-corrected chi connectivity index (χ0v) is 10.4. The van der Waals surface area contributed by atoms with Crippen LogP contribution in [-0.2, 0) is 0 Å². The Morgan fingerprint density at radius 3 is 2.72 bits per heavy atom. The number of nitrogen functional groups attached to an aromatic ring is 1. The van der Waals surface area contributed by atoms with Crippen LogP contribution < -0.4 is 15.2 Å². The van der Waals surface area contributed by atoms with E-state index in [9.17, 15) is 0 Å². The number of aromatic nitrogens is 2. The normalized spacial score (nSPS) is 13.7. The van der Waals surface area contributed by atoms with Crippen LogP contribution in [0.4, 0.5) is 5.82 Å². The average molecular weight is 245 g/mol. The van der Waals surface area contributed by atoms with E-state index in [1.807, 2.05) is 6.07 Å². The van der Waals surface area contributed by atoms with Gasteiger partial charge in [0.15, 0.2) is 11.5 Å². The van der Waals surface area contributed by atoms with Crippen LogP contribution in [-0.4, -0.2) is 23.4 Å². The van der Waals surface area contributed by atoms with E-state index in [1.165, 1.54) is 0 Å². The van der Waals surface area contributed by atoms with Crippen LogP contribution in [0.3, 0.4) is 0 Å². The molecule has 18 heavy (non-hydrogen) atoms. The number of ether oxygens (including phenoxy) is 2. The Morgan fingerprint density at radius 1 is 1.22 bits per heavy atom. The first-order valence-corrected chi connectivity index (χ1v) is 5.88. The molecule has 1 aliphatic rings. The van der Waals surface area contributed by atoms with Crippen LogP contribution in [0.2, 0.25) is 0 Å². The predicted octanol–water partition coefficient (Wildman–Crippen LogP) is 2.05. The van der Waals surface area contributed by atoms with Gasteiger partial charge in [-0.15, -0.1) is 0 Å². The van der Waals surface area contributed by atoms with Crippen LogP contribution in [0.15, 0.2) is 12.1 Å². The molecule has 2 aromatic rings. The van der Waals surface area contributed by atoms with Gasteiger partial charge in [-0.2, -0.15) is 5.10 Å². The van der Waals surface area contributed by atoms with Gasteiger partial charge >= 0.3 is 0 Å². The number of nitrogens with zero attached hydrogens (tertiary/aromatic N) is 1. The molecule has 1 aromatic carbocycles. The highest BCUT2D eigenvalue weighted by molar-refractivity contribution is 5.77.